The minimum Gasteiger partial charge on any atom is -0.340 e. The Morgan fingerprint density at radius 3 is 2.85 bits per heavy atom. The molecule has 2 heterocycles. The quantitative estimate of drug-likeness (QED) is 0.694. The lowest BCUT2D eigenvalue weighted by Crippen LogP contribution is -2.07. The van der Waals surface area contributed by atoms with Crippen molar-refractivity contribution in [1.82, 2.24) is 19.7 Å². The summed E-state index contributed by atoms with van der Waals surface area (Å²) in [7, 11) is 0. The first-order valence-corrected chi connectivity index (χ1v) is 7.08. The first-order chi connectivity index (χ1) is 9.67. The molecule has 0 atom stereocenters. The Kier molecular flexibility index (Phi) is 3.63. The molecule has 0 spiro atoms. The number of aryl methyl sites for hydroxylation is 2. The Morgan fingerprint density at radius 2 is 2.15 bits per heavy atom. The molecule has 0 fully saturated rings. The number of hydrogen-bond acceptors (Lipinski definition) is 4. The van der Waals surface area contributed by atoms with Crippen molar-refractivity contribution in [1.29, 1.82) is 0 Å². The number of nitrogens with zero attached hydrogens (tertiary/aromatic N) is 4. The third-order valence-corrected chi connectivity index (χ3v) is 3.40. The van der Waals surface area contributed by atoms with Crippen LogP contribution >= 0.6 is 23.2 Å². The number of alkyl halides is 1. The Hall–Kier alpha value is -1.59. The van der Waals surface area contributed by atoms with Crippen molar-refractivity contribution < 1.29 is 4.52 Å². The first-order valence-electron chi connectivity index (χ1n) is 6.17. The molecule has 0 unspecified atom stereocenters. The van der Waals surface area contributed by atoms with Gasteiger partial charge in [-0.2, -0.15) is 4.98 Å². The highest BCUT2D eigenvalue weighted by molar-refractivity contribution is 6.31. The van der Waals surface area contributed by atoms with Gasteiger partial charge in [-0.15, -0.1) is 11.6 Å². The maximum absolute atomic E-state index is 6.01. The topological polar surface area (TPSA) is 56.7 Å². The van der Waals surface area contributed by atoms with Crippen molar-refractivity contribution in [3.05, 3.63) is 40.8 Å². The summed E-state index contributed by atoms with van der Waals surface area (Å²) in [6.07, 6.45) is 0.671. The van der Waals surface area contributed by atoms with Crippen LogP contribution < -0.4 is 0 Å². The third-order valence-electron chi connectivity index (χ3n) is 2.98. The number of hydrogen-bond donors (Lipinski definition) is 0. The van der Waals surface area contributed by atoms with Gasteiger partial charge in [-0.25, -0.2) is 4.98 Å². The van der Waals surface area contributed by atoms with Crippen LogP contribution in [0.25, 0.3) is 11.0 Å². The van der Waals surface area contributed by atoms with Crippen molar-refractivity contribution in [3.63, 3.8) is 0 Å². The highest BCUT2D eigenvalue weighted by Gasteiger charge is 2.13. The van der Waals surface area contributed by atoms with Crippen LogP contribution in [0.3, 0.4) is 0 Å². The lowest BCUT2D eigenvalue weighted by molar-refractivity contribution is 0.386. The molecule has 3 aromatic rings. The molecule has 3 rings (SSSR count). The molecule has 0 amide bonds. The van der Waals surface area contributed by atoms with Crippen molar-refractivity contribution >= 4 is 34.2 Å². The van der Waals surface area contributed by atoms with Crippen LogP contribution in [0, 0.1) is 6.92 Å². The van der Waals surface area contributed by atoms with Crippen LogP contribution in [0.2, 0.25) is 5.02 Å². The molecule has 5 nitrogen and oxygen atoms in total. The minimum absolute atomic E-state index is 0.502. The fraction of sp³-hybridized carbons (Fsp3) is 0.308. The van der Waals surface area contributed by atoms with Crippen LogP contribution in [-0.4, -0.2) is 25.6 Å². The number of imidazole rings is 1. The molecule has 1 aromatic carbocycles. The third kappa shape index (κ3) is 2.51. The Bertz CT molecular complexity index is 750. The average molecular weight is 311 g/mol. The highest BCUT2D eigenvalue weighted by atomic mass is 35.5. The van der Waals surface area contributed by atoms with E-state index < -0.39 is 0 Å². The lowest BCUT2D eigenvalue weighted by atomic mass is 10.3. The van der Waals surface area contributed by atoms with Gasteiger partial charge in [-0.1, -0.05) is 16.8 Å². The summed E-state index contributed by atoms with van der Waals surface area (Å²) in [5.41, 5.74) is 1.83. The fourth-order valence-corrected chi connectivity index (χ4v) is 2.49. The highest BCUT2D eigenvalue weighted by Crippen LogP contribution is 2.22. The van der Waals surface area contributed by atoms with E-state index in [1.54, 1.807) is 6.92 Å². The second kappa shape index (κ2) is 5.42. The molecule has 0 aliphatic carbocycles. The average Bonchev–Trinajstić information content (AvgIpc) is 2.95. The summed E-state index contributed by atoms with van der Waals surface area (Å²) >= 11 is 11.9. The molecule has 0 saturated heterocycles. The molecule has 104 valence electrons. The first kappa shape index (κ1) is 13.4. The van der Waals surface area contributed by atoms with Crippen molar-refractivity contribution in [2.45, 2.75) is 19.9 Å². The summed E-state index contributed by atoms with van der Waals surface area (Å²) in [6.45, 7) is 2.27. The second-order valence-electron chi connectivity index (χ2n) is 4.42. The normalized spacial score (nSPS) is 11.3. The maximum atomic E-state index is 6.01. The lowest BCUT2D eigenvalue weighted by Gasteiger charge is -2.05. The Morgan fingerprint density at radius 1 is 1.30 bits per heavy atom. The fourth-order valence-electron chi connectivity index (χ4n) is 2.15. The molecule has 20 heavy (non-hydrogen) atoms. The molecular weight excluding hydrogens is 299 g/mol. The summed E-state index contributed by atoms with van der Waals surface area (Å²) in [5.74, 6) is 2.56. The predicted octanol–water partition coefficient (Wildman–Crippen LogP) is 3.21. The van der Waals surface area contributed by atoms with E-state index >= 15 is 0 Å². The molecule has 2 aromatic heterocycles. The van der Waals surface area contributed by atoms with E-state index in [1.165, 1.54) is 0 Å². The number of benzene rings is 1. The van der Waals surface area contributed by atoms with E-state index in [0.29, 0.717) is 35.6 Å². The number of halogens is 2. The van der Waals surface area contributed by atoms with Gasteiger partial charge in [-0.05, 0) is 18.2 Å². The summed E-state index contributed by atoms with van der Waals surface area (Å²) < 4.78 is 7.04. The number of aromatic nitrogens is 4. The van der Waals surface area contributed by atoms with Gasteiger partial charge in [0.05, 0.1) is 17.6 Å². The monoisotopic (exact) mass is 310 g/mol. The van der Waals surface area contributed by atoms with Crippen molar-refractivity contribution in [2.24, 2.45) is 0 Å². The van der Waals surface area contributed by atoms with Crippen molar-refractivity contribution in [2.75, 3.05) is 5.88 Å². The molecular formula is C13H12Cl2N4O. The van der Waals surface area contributed by atoms with Crippen LogP contribution in [0.1, 0.15) is 17.5 Å². The van der Waals surface area contributed by atoms with E-state index in [0.717, 1.165) is 16.9 Å². The van der Waals surface area contributed by atoms with Gasteiger partial charge in [0.2, 0.25) is 5.89 Å². The van der Waals surface area contributed by atoms with Gasteiger partial charge >= 0.3 is 0 Å². The minimum atomic E-state index is 0.502. The van der Waals surface area contributed by atoms with Crippen molar-refractivity contribution in [3.8, 4) is 0 Å². The van der Waals surface area contributed by atoms with Gasteiger partial charge in [0.15, 0.2) is 5.82 Å². The standard InChI is InChI=1S/C13H12Cl2N4O/c1-8-16-12(18-20-8)7-19-11-3-2-9(15)6-10(11)17-13(19)4-5-14/h2-3,6H,4-5,7H2,1H3. The number of rotatable bonds is 4. The summed E-state index contributed by atoms with van der Waals surface area (Å²) in [5, 5.41) is 4.58. The van der Waals surface area contributed by atoms with Gasteiger partial charge in [0, 0.05) is 24.2 Å². The molecule has 7 heteroatoms. The van der Waals surface area contributed by atoms with E-state index in [1.807, 2.05) is 22.8 Å². The van der Waals surface area contributed by atoms with E-state index in [2.05, 4.69) is 15.1 Å². The van der Waals surface area contributed by atoms with E-state index in [9.17, 15) is 0 Å². The zero-order valence-corrected chi connectivity index (χ0v) is 12.3. The Balaban J connectivity index is 2.08. The molecule has 0 aliphatic heterocycles. The molecule has 0 N–H and O–H groups in total. The molecule has 0 bridgehead atoms. The zero-order chi connectivity index (χ0) is 14.1. The summed E-state index contributed by atoms with van der Waals surface area (Å²) in [4.78, 5) is 8.80. The van der Waals surface area contributed by atoms with Gasteiger partial charge in [0.25, 0.3) is 0 Å². The van der Waals surface area contributed by atoms with Gasteiger partial charge in [-0.3, -0.25) is 0 Å². The maximum Gasteiger partial charge on any atom is 0.223 e. The van der Waals surface area contributed by atoms with Gasteiger partial charge < -0.3 is 9.09 Å². The number of fused-ring (bicyclic) bond motifs is 1. The molecule has 0 saturated carbocycles. The van der Waals surface area contributed by atoms with Gasteiger partial charge in [0.1, 0.15) is 5.82 Å². The largest absolute Gasteiger partial charge is 0.340 e. The predicted molar refractivity (Wildman–Crippen MR) is 77.3 cm³/mol. The molecule has 0 radical (unpaired) electrons. The van der Waals surface area contributed by atoms with Crippen LogP contribution in [0.5, 0.6) is 0 Å². The summed E-state index contributed by atoms with van der Waals surface area (Å²) in [6, 6.07) is 5.62. The van der Waals surface area contributed by atoms with E-state index in [-0.39, 0.29) is 0 Å². The Labute approximate surface area is 125 Å². The van der Waals surface area contributed by atoms with Crippen LogP contribution in [-0.2, 0) is 13.0 Å². The second-order valence-corrected chi connectivity index (χ2v) is 5.23. The van der Waals surface area contributed by atoms with Crippen LogP contribution in [0.15, 0.2) is 22.7 Å². The van der Waals surface area contributed by atoms with Crippen LogP contribution in [0.4, 0.5) is 0 Å². The zero-order valence-electron chi connectivity index (χ0n) is 10.8. The van der Waals surface area contributed by atoms with E-state index in [4.69, 9.17) is 27.7 Å². The smallest absolute Gasteiger partial charge is 0.223 e. The molecule has 0 aliphatic rings. The SMILES string of the molecule is Cc1nc(Cn2c(CCCl)nc3cc(Cl)ccc32)no1.